The van der Waals surface area contributed by atoms with Crippen molar-refractivity contribution >= 4 is 17.4 Å². The second-order valence-electron chi connectivity index (χ2n) is 4.19. The molecule has 0 atom stereocenters. The van der Waals surface area contributed by atoms with Gasteiger partial charge in [-0.15, -0.1) is 0 Å². The van der Waals surface area contributed by atoms with Crippen LogP contribution in [0.5, 0.6) is 0 Å². The highest BCUT2D eigenvalue weighted by Crippen LogP contribution is 2.27. The summed E-state index contributed by atoms with van der Waals surface area (Å²) in [6.45, 7) is 0. The number of benzene rings is 1. The number of aromatic amines is 1. The molecule has 9 heteroatoms. The van der Waals surface area contributed by atoms with Crippen LogP contribution < -0.4 is 5.56 Å². The summed E-state index contributed by atoms with van der Waals surface area (Å²) in [6, 6.07) is 6.85. The normalized spacial score (nSPS) is 12.0. The summed E-state index contributed by atoms with van der Waals surface area (Å²) >= 11 is 5.75. The van der Waals surface area contributed by atoms with E-state index in [1.807, 2.05) is 0 Å². The first-order chi connectivity index (χ1) is 9.84. The molecule has 1 N–H and O–H groups in total. The summed E-state index contributed by atoms with van der Waals surface area (Å²) in [7, 11) is 0. The van der Waals surface area contributed by atoms with E-state index in [2.05, 4.69) is 15.1 Å². The Bertz CT molecular complexity index is 867. The monoisotopic (exact) mass is 314 g/mol. The van der Waals surface area contributed by atoms with Gasteiger partial charge in [0.15, 0.2) is 11.5 Å². The fraction of sp³-hybridized carbons (Fsp3) is 0.0833. The predicted octanol–water partition coefficient (Wildman–Crippen LogP) is 2.76. The van der Waals surface area contributed by atoms with Crippen LogP contribution in [0.2, 0.25) is 5.02 Å². The topological polar surface area (TPSA) is 63.0 Å². The molecule has 3 rings (SSSR count). The molecular formula is C12H6ClF3N4O. The minimum atomic E-state index is -4.70. The number of H-pyrrole nitrogens is 1. The Kier molecular flexibility index (Phi) is 2.98. The van der Waals surface area contributed by atoms with Gasteiger partial charge >= 0.3 is 6.18 Å². The molecule has 108 valence electrons. The summed E-state index contributed by atoms with van der Waals surface area (Å²) in [4.78, 5) is 18.9. The van der Waals surface area contributed by atoms with Crippen LogP contribution in [0.1, 0.15) is 5.69 Å². The Morgan fingerprint density at radius 1 is 1.14 bits per heavy atom. The molecule has 1 aromatic carbocycles. The van der Waals surface area contributed by atoms with Gasteiger partial charge in [-0.25, -0.2) is 4.98 Å². The third kappa shape index (κ3) is 2.49. The van der Waals surface area contributed by atoms with Crippen molar-refractivity contribution in [1.82, 2.24) is 19.6 Å². The Labute approximate surface area is 120 Å². The van der Waals surface area contributed by atoms with Crippen LogP contribution >= 0.6 is 11.6 Å². The summed E-state index contributed by atoms with van der Waals surface area (Å²) in [5, 5.41) is 3.10. The highest BCUT2D eigenvalue weighted by atomic mass is 35.5. The number of nitrogens with one attached hydrogen (secondary N) is 1. The molecule has 0 saturated carbocycles. The van der Waals surface area contributed by atoms with Crippen LogP contribution in [0.3, 0.4) is 0 Å². The molecule has 0 aliphatic heterocycles. The van der Waals surface area contributed by atoms with Crippen molar-refractivity contribution in [3.63, 3.8) is 0 Å². The van der Waals surface area contributed by atoms with Crippen LogP contribution in [0.4, 0.5) is 13.2 Å². The van der Waals surface area contributed by atoms with Gasteiger partial charge in [-0.05, 0) is 24.3 Å². The Balaban J connectivity index is 2.18. The molecule has 0 spiro atoms. The minimum absolute atomic E-state index is 0.218. The number of aromatic nitrogens is 4. The van der Waals surface area contributed by atoms with Gasteiger partial charge in [-0.3, -0.25) is 9.89 Å². The Morgan fingerprint density at radius 2 is 1.81 bits per heavy atom. The maximum absolute atomic E-state index is 12.6. The number of hydrogen-bond donors (Lipinski definition) is 1. The number of hydrogen-bond acceptors (Lipinski definition) is 3. The molecule has 0 unspecified atom stereocenters. The SMILES string of the molecule is O=c1cc(C(F)(F)F)nc2nc(-c3ccc(Cl)cc3)[nH]n12. The van der Waals surface area contributed by atoms with Crippen LogP contribution in [0.15, 0.2) is 35.1 Å². The van der Waals surface area contributed by atoms with Crippen LogP contribution in [-0.4, -0.2) is 19.6 Å². The van der Waals surface area contributed by atoms with Gasteiger partial charge in [0.05, 0.1) is 0 Å². The van der Waals surface area contributed by atoms with Crippen LogP contribution in [-0.2, 0) is 6.18 Å². The Morgan fingerprint density at radius 3 is 2.43 bits per heavy atom. The summed E-state index contributed by atoms with van der Waals surface area (Å²) in [5.74, 6) is -0.129. The molecular weight excluding hydrogens is 309 g/mol. The minimum Gasteiger partial charge on any atom is -0.271 e. The number of rotatable bonds is 1. The van der Waals surface area contributed by atoms with Crippen molar-refractivity contribution in [1.29, 1.82) is 0 Å². The van der Waals surface area contributed by atoms with Gasteiger partial charge in [0.25, 0.3) is 11.3 Å². The number of halogens is 4. The average molecular weight is 315 g/mol. The largest absolute Gasteiger partial charge is 0.433 e. The maximum atomic E-state index is 12.6. The highest BCUT2D eigenvalue weighted by Gasteiger charge is 2.33. The molecule has 21 heavy (non-hydrogen) atoms. The quantitative estimate of drug-likeness (QED) is 0.751. The third-order valence-corrected chi connectivity index (χ3v) is 2.99. The zero-order valence-corrected chi connectivity index (χ0v) is 10.9. The fourth-order valence-corrected chi connectivity index (χ4v) is 1.89. The molecule has 2 aromatic heterocycles. The predicted molar refractivity (Wildman–Crippen MR) is 69.1 cm³/mol. The van der Waals surface area contributed by atoms with Crippen molar-refractivity contribution < 1.29 is 13.2 Å². The molecule has 0 saturated heterocycles. The summed E-state index contributed by atoms with van der Waals surface area (Å²) < 4.78 is 38.7. The van der Waals surface area contributed by atoms with Crippen LogP contribution in [0.25, 0.3) is 17.2 Å². The molecule has 0 aliphatic rings. The lowest BCUT2D eigenvalue weighted by Crippen LogP contribution is -2.20. The molecule has 5 nitrogen and oxygen atoms in total. The first kappa shape index (κ1) is 13.6. The lowest BCUT2D eigenvalue weighted by Gasteiger charge is -2.03. The summed E-state index contributed by atoms with van der Waals surface area (Å²) in [6.07, 6.45) is -4.70. The van der Waals surface area contributed by atoms with E-state index >= 15 is 0 Å². The average Bonchev–Trinajstić information content (AvgIpc) is 2.83. The third-order valence-electron chi connectivity index (χ3n) is 2.74. The van der Waals surface area contributed by atoms with Crippen molar-refractivity contribution in [3.05, 3.63) is 51.4 Å². The van der Waals surface area contributed by atoms with Crippen molar-refractivity contribution in [2.24, 2.45) is 0 Å². The van der Waals surface area contributed by atoms with E-state index in [9.17, 15) is 18.0 Å². The zero-order chi connectivity index (χ0) is 15.2. The van der Waals surface area contributed by atoms with Gasteiger partial charge in [0.1, 0.15) is 0 Å². The van der Waals surface area contributed by atoms with E-state index in [1.165, 1.54) is 0 Å². The lowest BCUT2D eigenvalue weighted by atomic mass is 10.2. The van der Waals surface area contributed by atoms with E-state index in [4.69, 9.17) is 11.6 Å². The summed E-state index contributed by atoms with van der Waals surface area (Å²) in [5.41, 5.74) is -1.60. The molecule has 3 aromatic rings. The molecule has 0 fully saturated rings. The van der Waals surface area contributed by atoms with Gasteiger partial charge in [-0.2, -0.15) is 22.7 Å². The molecule has 2 heterocycles. The molecule has 0 amide bonds. The first-order valence-electron chi connectivity index (χ1n) is 5.67. The van der Waals surface area contributed by atoms with Crippen LogP contribution in [0, 0.1) is 0 Å². The fourth-order valence-electron chi connectivity index (χ4n) is 1.76. The van der Waals surface area contributed by atoms with Crippen molar-refractivity contribution in [2.75, 3.05) is 0 Å². The van der Waals surface area contributed by atoms with E-state index in [0.29, 0.717) is 16.7 Å². The number of nitrogens with zero attached hydrogens (tertiary/aromatic N) is 3. The highest BCUT2D eigenvalue weighted by molar-refractivity contribution is 6.30. The van der Waals surface area contributed by atoms with Crippen molar-refractivity contribution in [3.8, 4) is 11.4 Å². The van der Waals surface area contributed by atoms with Crippen molar-refractivity contribution in [2.45, 2.75) is 6.18 Å². The lowest BCUT2D eigenvalue weighted by molar-refractivity contribution is -0.141. The van der Waals surface area contributed by atoms with Gasteiger partial charge in [0, 0.05) is 16.7 Å². The molecule has 0 radical (unpaired) electrons. The molecule has 0 bridgehead atoms. The van der Waals surface area contributed by atoms with Gasteiger partial charge in [0.2, 0.25) is 0 Å². The Hall–Kier alpha value is -2.35. The zero-order valence-electron chi connectivity index (χ0n) is 10.1. The number of alkyl halides is 3. The van der Waals surface area contributed by atoms with Gasteiger partial charge < -0.3 is 0 Å². The van der Waals surface area contributed by atoms with E-state index in [1.54, 1.807) is 24.3 Å². The number of fused-ring (bicyclic) bond motifs is 1. The standard InChI is InChI=1S/C12H6ClF3N4O/c13-7-3-1-6(2-4-7)10-18-11-17-8(12(14,15)16)5-9(21)20(11)19-10/h1-5H,(H,17,18,19). The maximum Gasteiger partial charge on any atom is 0.433 e. The van der Waals surface area contributed by atoms with Gasteiger partial charge in [-0.1, -0.05) is 11.6 Å². The second-order valence-corrected chi connectivity index (χ2v) is 4.63. The molecule has 0 aliphatic carbocycles. The smallest absolute Gasteiger partial charge is 0.271 e. The van der Waals surface area contributed by atoms with E-state index in [-0.39, 0.29) is 11.6 Å². The first-order valence-corrected chi connectivity index (χ1v) is 6.05. The van der Waals surface area contributed by atoms with E-state index in [0.717, 1.165) is 4.52 Å². The van der Waals surface area contributed by atoms with E-state index < -0.39 is 17.4 Å². The second kappa shape index (κ2) is 4.59.